The van der Waals surface area contributed by atoms with E-state index in [2.05, 4.69) is 4.98 Å². The molecule has 0 saturated carbocycles. The molecule has 5 nitrogen and oxygen atoms in total. The van der Waals surface area contributed by atoms with E-state index in [4.69, 9.17) is 11.6 Å². The van der Waals surface area contributed by atoms with E-state index in [1.54, 1.807) is 10.6 Å². The summed E-state index contributed by atoms with van der Waals surface area (Å²) in [7, 11) is 0. The Kier molecular flexibility index (Phi) is 3.66. The molecule has 0 saturated heterocycles. The molecule has 0 aliphatic carbocycles. The fourth-order valence-corrected chi connectivity index (χ4v) is 3.25. The van der Waals surface area contributed by atoms with Gasteiger partial charge in [-0.2, -0.15) is 0 Å². The minimum Gasteiger partial charge on any atom is -0.545 e. The fraction of sp³-hybridized carbons (Fsp3) is 0.105. The molecule has 2 aromatic carbocycles. The van der Waals surface area contributed by atoms with E-state index in [-0.39, 0.29) is 11.1 Å². The molecule has 25 heavy (non-hydrogen) atoms. The molecule has 124 valence electrons. The van der Waals surface area contributed by atoms with Crippen molar-refractivity contribution in [3.63, 3.8) is 0 Å². The predicted molar refractivity (Wildman–Crippen MR) is 94.3 cm³/mol. The third-order valence-corrected chi connectivity index (χ3v) is 4.66. The number of halogens is 1. The maximum absolute atomic E-state index is 12.7. The SMILES string of the molecule is O=C([O-])c1ccc2c(=O)n3c(nc2c1)/C(=C/c1ccccc1Cl)CC3. The second-order valence-electron chi connectivity index (χ2n) is 5.85. The van der Waals surface area contributed by atoms with Crippen molar-refractivity contribution in [1.29, 1.82) is 0 Å². The molecule has 0 amide bonds. The van der Waals surface area contributed by atoms with Crippen molar-refractivity contribution in [2.75, 3.05) is 0 Å². The second-order valence-corrected chi connectivity index (χ2v) is 6.26. The molecule has 0 N–H and O–H groups in total. The van der Waals surface area contributed by atoms with Crippen LogP contribution in [0.1, 0.15) is 28.2 Å². The van der Waals surface area contributed by atoms with Gasteiger partial charge in [-0.3, -0.25) is 9.36 Å². The molecular formula is C19H12ClN2O3-. The van der Waals surface area contributed by atoms with E-state index in [0.29, 0.717) is 34.7 Å². The number of aromatic carboxylic acids is 1. The Morgan fingerprint density at radius 1 is 1.24 bits per heavy atom. The summed E-state index contributed by atoms with van der Waals surface area (Å²) in [5.41, 5.74) is 1.92. The highest BCUT2D eigenvalue weighted by Crippen LogP contribution is 2.29. The van der Waals surface area contributed by atoms with Crippen LogP contribution < -0.4 is 10.7 Å². The zero-order valence-corrected chi connectivity index (χ0v) is 13.8. The van der Waals surface area contributed by atoms with Crippen molar-refractivity contribution in [2.24, 2.45) is 0 Å². The van der Waals surface area contributed by atoms with Gasteiger partial charge in [-0.1, -0.05) is 35.9 Å². The van der Waals surface area contributed by atoms with Gasteiger partial charge >= 0.3 is 0 Å². The number of carboxylic acid groups (broad SMARTS) is 1. The molecule has 0 spiro atoms. The second kappa shape index (κ2) is 5.86. The first-order valence-corrected chi connectivity index (χ1v) is 8.14. The molecule has 1 aliphatic rings. The largest absolute Gasteiger partial charge is 0.545 e. The zero-order chi connectivity index (χ0) is 17.6. The van der Waals surface area contributed by atoms with Crippen molar-refractivity contribution in [1.82, 2.24) is 9.55 Å². The number of allylic oxidation sites excluding steroid dienone is 1. The molecule has 4 rings (SSSR count). The highest BCUT2D eigenvalue weighted by Gasteiger charge is 2.21. The molecule has 3 aromatic rings. The molecule has 0 bridgehead atoms. The number of fused-ring (bicyclic) bond motifs is 2. The van der Waals surface area contributed by atoms with Gasteiger partial charge in [0.1, 0.15) is 5.82 Å². The molecule has 0 atom stereocenters. The molecule has 0 unspecified atom stereocenters. The Morgan fingerprint density at radius 2 is 2.04 bits per heavy atom. The lowest BCUT2D eigenvalue weighted by Crippen LogP contribution is -2.23. The molecule has 0 radical (unpaired) electrons. The third kappa shape index (κ3) is 2.62. The average Bonchev–Trinajstić information content (AvgIpc) is 3.00. The first kappa shape index (κ1) is 15.6. The van der Waals surface area contributed by atoms with Crippen molar-refractivity contribution in [3.05, 3.63) is 74.8 Å². The summed E-state index contributed by atoms with van der Waals surface area (Å²) >= 11 is 6.21. The van der Waals surface area contributed by atoms with E-state index < -0.39 is 5.97 Å². The quantitative estimate of drug-likeness (QED) is 0.710. The number of carbonyl (C=O) groups is 1. The van der Waals surface area contributed by atoms with E-state index in [9.17, 15) is 14.7 Å². The highest BCUT2D eigenvalue weighted by molar-refractivity contribution is 6.32. The number of nitrogens with zero attached hydrogens (tertiary/aromatic N) is 2. The first-order chi connectivity index (χ1) is 12.0. The van der Waals surface area contributed by atoms with Crippen LogP contribution in [0.5, 0.6) is 0 Å². The van der Waals surface area contributed by atoms with Gasteiger partial charge in [-0.25, -0.2) is 4.98 Å². The van der Waals surface area contributed by atoms with Crippen LogP contribution in [-0.2, 0) is 6.54 Å². The van der Waals surface area contributed by atoms with Crippen LogP contribution >= 0.6 is 11.6 Å². The van der Waals surface area contributed by atoms with Crippen molar-refractivity contribution < 1.29 is 9.90 Å². The number of benzene rings is 2. The van der Waals surface area contributed by atoms with Gasteiger partial charge in [0.2, 0.25) is 0 Å². The number of carboxylic acids is 1. The standard InChI is InChI=1S/C19H13ClN2O3/c20-15-4-2-1-3-11(15)9-12-7-8-22-17(12)21-16-10-13(19(24)25)5-6-14(16)18(22)23/h1-6,9-10H,7-8H2,(H,24,25)/p-1/b12-9+. The summed E-state index contributed by atoms with van der Waals surface area (Å²) in [6.45, 7) is 0.537. The highest BCUT2D eigenvalue weighted by atomic mass is 35.5. The Balaban J connectivity index is 1.92. The minimum absolute atomic E-state index is 0.000944. The van der Waals surface area contributed by atoms with Gasteiger partial charge in [0, 0.05) is 11.6 Å². The summed E-state index contributed by atoms with van der Waals surface area (Å²) in [5, 5.41) is 12.1. The average molecular weight is 352 g/mol. The maximum atomic E-state index is 12.7. The van der Waals surface area contributed by atoms with Gasteiger partial charge < -0.3 is 9.90 Å². The van der Waals surface area contributed by atoms with E-state index >= 15 is 0 Å². The molecule has 2 heterocycles. The monoisotopic (exact) mass is 351 g/mol. The van der Waals surface area contributed by atoms with Gasteiger partial charge in [0.15, 0.2) is 0 Å². The van der Waals surface area contributed by atoms with Crippen molar-refractivity contribution >= 4 is 40.1 Å². The summed E-state index contributed by atoms with van der Waals surface area (Å²) in [6.07, 6.45) is 2.58. The first-order valence-electron chi connectivity index (χ1n) is 7.76. The predicted octanol–water partition coefficient (Wildman–Crippen LogP) is 2.36. The Labute approximate surface area is 147 Å². The smallest absolute Gasteiger partial charge is 0.261 e. The Hall–Kier alpha value is -2.92. The summed E-state index contributed by atoms with van der Waals surface area (Å²) in [6, 6.07) is 11.7. The van der Waals surface area contributed by atoms with Crippen LogP contribution in [-0.4, -0.2) is 15.5 Å². The number of hydrogen-bond donors (Lipinski definition) is 0. The van der Waals surface area contributed by atoms with Crippen LogP contribution in [0.2, 0.25) is 5.02 Å². The lowest BCUT2D eigenvalue weighted by molar-refractivity contribution is -0.255. The molecule has 0 fully saturated rings. The molecule has 6 heteroatoms. The zero-order valence-electron chi connectivity index (χ0n) is 13.0. The number of aromatic nitrogens is 2. The van der Waals surface area contributed by atoms with E-state index in [1.165, 1.54) is 18.2 Å². The Bertz CT molecular complexity index is 1120. The summed E-state index contributed by atoms with van der Waals surface area (Å²) < 4.78 is 1.61. The van der Waals surface area contributed by atoms with Gasteiger partial charge in [-0.05, 0) is 47.4 Å². The maximum Gasteiger partial charge on any atom is 0.261 e. The number of hydrogen-bond acceptors (Lipinski definition) is 4. The van der Waals surface area contributed by atoms with Gasteiger partial charge in [-0.15, -0.1) is 0 Å². The third-order valence-electron chi connectivity index (χ3n) is 4.32. The van der Waals surface area contributed by atoms with Crippen LogP contribution in [0.25, 0.3) is 22.6 Å². The van der Waals surface area contributed by atoms with Crippen molar-refractivity contribution in [2.45, 2.75) is 13.0 Å². The normalized spacial score (nSPS) is 14.8. The number of carbonyl (C=O) groups excluding carboxylic acids is 1. The minimum atomic E-state index is -1.30. The summed E-state index contributed by atoms with van der Waals surface area (Å²) in [4.78, 5) is 28.3. The van der Waals surface area contributed by atoms with Crippen LogP contribution in [0, 0.1) is 0 Å². The molecule has 1 aromatic heterocycles. The van der Waals surface area contributed by atoms with Crippen LogP contribution in [0.4, 0.5) is 0 Å². The van der Waals surface area contributed by atoms with Crippen molar-refractivity contribution in [3.8, 4) is 0 Å². The van der Waals surface area contributed by atoms with Gasteiger partial charge in [0.25, 0.3) is 5.56 Å². The van der Waals surface area contributed by atoms with Crippen LogP contribution in [0.3, 0.4) is 0 Å². The lowest BCUT2D eigenvalue weighted by atomic mass is 10.1. The van der Waals surface area contributed by atoms with E-state index in [1.807, 2.05) is 24.3 Å². The lowest BCUT2D eigenvalue weighted by Gasteiger charge is -2.08. The summed E-state index contributed by atoms with van der Waals surface area (Å²) in [5.74, 6) is -0.746. The molecule has 1 aliphatic heterocycles. The van der Waals surface area contributed by atoms with Crippen LogP contribution in [0.15, 0.2) is 47.3 Å². The topological polar surface area (TPSA) is 75.0 Å². The van der Waals surface area contributed by atoms with E-state index in [0.717, 1.165) is 11.1 Å². The van der Waals surface area contributed by atoms with Gasteiger partial charge in [0.05, 0.1) is 16.9 Å². The number of rotatable bonds is 2. The Morgan fingerprint density at radius 3 is 2.80 bits per heavy atom. The molecular weight excluding hydrogens is 340 g/mol. The fourth-order valence-electron chi connectivity index (χ4n) is 3.06.